The predicted octanol–water partition coefficient (Wildman–Crippen LogP) is 1.46. The lowest BCUT2D eigenvalue weighted by Crippen LogP contribution is -2.21. The molecule has 1 aromatic heterocycles. The Morgan fingerprint density at radius 3 is 2.78 bits per heavy atom. The van der Waals surface area contributed by atoms with Crippen LogP contribution < -0.4 is 5.32 Å². The number of nitrogens with zero attached hydrogens (tertiary/aromatic N) is 2. The van der Waals surface area contributed by atoms with Crippen LogP contribution in [0.1, 0.15) is 12.1 Å². The minimum absolute atomic E-state index is 0.688. The SMILES string of the molecule is COCCNCCCc1c(Br)cnn1CCOC. The van der Waals surface area contributed by atoms with Gasteiger partial charge in [0.2, 0.25) is 0 Å². The van der Waals surface area contributed by atoms with Gasteiger partial charge in [0.1, 0.15) is 0 Å². The van der Waals surface area contributed by atoms with Crippen LogP contribution in [0.15, 0.2) is 10.7 Å². The van der Waals surface area contributed by atoms with Gasteiger partial charge in [0.25, 0.3) is 0 Å². The molecule has 0 saturated heterocycles. The molecule has 1 heterocycles. The van der Waals surface area contributed by atoms with Crippen LogP contribution in [0, 0.1) is 0 Å². The first-order chi connectivity index (χ1) is 8.79. The molecule has 18 heavy (non-hydrogen) atoms. The molecular weight excluding hydrogens is 298 g/mol. The molecule has 0 amide bonds. The highest BCUT2D eigenvalue weighted by atomic mass is 79.9. The molecule has 0 atom stereocenters. The molecule has 0 fully saturated rings. The molecule has 0 saturated carbocycles. The summed E-state index contributed by atoms with van der Waals surface area (Å²) in [5, 5.41) is 7.67. The van der Waals surface area contributed by atoms with Crippen LogP contribution in [-0.4, -0.2) is 50.3 Å². The highest BCUT2D eigenvalue weighted by Gasteiger charge is 2.07. The van der Waals surface area contributed by atoms with E-state index in [2.05, 4.69) is 26.3 Å². The minimum Gasteiger partial charge on any atom is -0.383 e. The molecule has 5 nitrogen and oxygen atoms in total. The highest BCUT2D eigenvalue weighted by Crippen LogP contribution is 2.17. The maximum absolute atomic E-state index is 5.08. The van der Waals surface area contributed by atoms with Crippen molar-refractivity contribution in [2.45, 2.75) is 19.4 Å². The number of ether oxygens (including phenoxy) is 2. The van der Waals surface area contributed by atoms with Crippen LogP contribution in [-0.2, 0) is 22.4 Å². The van der Waals surface area contributed by atoms with Crippen LogP contribution in [0.4, 0.5) is 0 Å². The molecule has 0 unspecified atom stereocenters. The van der Waals surface area contributed by atoms with Crippen molar-refractivity contribution in [3.8, 4) is 0 Å². The number of nitrogens with one attached hydrogen (secondary N) is 1. The topological polar surface area (TPSA) is 48.3 Å². The van der Waals surface area contributed by atoms with Gasteiger partial charge < -0.3 is 14.8 Å². The summed E-state index contributed by atoms with van der Waals surface area (Å²) in [5.41, 5.74) is 1.24. The molecule has 6 heteroatoms. The van der Waals surface area contributed by atoms with Crippen LogP contribution in [0.2, 0.25) is 0 Å². The van der Waals surface area contributed by atoms with Crippen LogP contribution in [0.5, 0.6) is 0 Å². The first kappa shape index (κ1) is 15.6. The fourth-order valence-electron chi connectivity index (χ4n) is 1.69. The smallest absolute Gasteiger partial charge is 0.0658 e. The molecule has 0 aliphatic carbocycles. The lowest BCUT2D eigenvalue weighted by atomic mass is 10.2. The van der Waals surface area contributed by atoms with Gasteiger partial charge in [-0.2, -0.15) is 5.10 Å². The molecule has 1 N–H and O–H groups in total. The fourth-order valence-corrected chi connectivity index (χ4v) is 2.18. The van der Waals surface area contributed by atoms with E-state index in [9.17, 15) is 0 Å². The van der Waals surface area contributed by atoms with E-state index in [1.54, 1.807) is 14.2 Å². The molecule has 0 aromatic carbocycles. The minimum atomic E-state index is 0.688. The van der Waals surface area contributed by atoms with Gasteiger partial charge in [-0.3, -0.25) is 4.68 Å². The lowest BCUT2D eigenvalue weighted by molar-refractivity contribution is 0.182. The number of halogens is 1. The van der Waals surface area contributed by atoms with Crippen molar-refractivity contribution in [3.63, 3.8) is 0 Å². The van der Waals surface area contributed by atoms with E-state index < -0.39 is 0 Å². The highest BCUT2D eigenvalue weighted by molar-refractivity contribution is 9.10. The number of aromatic nitrogens is 2. The zero-order valence-electron chi connectivity index (χ0n) is 11.1. The molecule has 104 valence electrons. The monoisotopic (exact) mass is 319 g/mol. The zero-order valence-corrected chi connectivity index (χ0v) is 12.7. The second kappa shape index (κ2) is 9.49. The molecule has 1 rings (SSSR count). The van der Waals surface area contributed by atoms with Crippen molar-refractivity contribution < 1.29 is 9.47 Å². The predicted molar refractivity (Wildman–Crippen MR) is 74.9 cm³/mol. The second-order valence-corrected chi connectivity index (χ2v) is 4.86. The summed E-state index contributed by atoms with van der Waals surface area (Å²) < 4.78 is 13.1. The number of hydrogen-bond donors (Lipinski definition) is 1. The number of hydrogen-bond acceptors (Lipinski definition) is 4. The van der Waals surface area contributed by atoms with Gasteiger partial charge in [0.15, 0.2) is 0 Å². The van der Waals surface area contributed by atoms with Gasteiger partial charge >= 0.3 is 0 Å². The van der Waals surface area contributed by atoms with Crippen molar-refractivity contribution >= 4 is 15.9 Å². The van der Waals surface area contributed by atoms with Crippen molar-refractivity contribution in [2.75, 3.05) is 40.5 Å². The summed E-state index contributed by atoms with van der Waals surface area (Å²) in [4.78, 5) is 0. The Bertz CT molecular complexity index is 331. The molecule has 0 bridgehead atoms. The maximum atomic E-state index is 5.08. The quantitative estimate of drug-likeness (QED) is 0.663. The van der Waals surface area contributed by atoms with Crippen molar-refractivity contribution in [2.24, 2.45) is 0 Å². The van der Waals surface area contributed by atoms with Crippen LogP contribution in [0.3, 0.4) is 0 Å². The Labute approximate surface area is 117 Å². The summed E-state index contributed by atoms with van der Waals surface area (Å²) >= 11 is 3.54. The molecule has 0 radical (unpaired) electrons. The summed E-state index contributed by atoms with van der Waals surface area (Å²) in [7, 11) is 3.42. The van der Waals surface area contributed by atoms with E-state index in [1.807, 2.05) is 10.9 Å². The third-order valence-electron chi connectivity index (χ3n) is 2.66. The lowest BCUT2D eigenvalue weighted by Gasteiger charge is -2.08. The van der Waals surface area contributed by atoms with Gasteiger partial charge in [-0.05, 0) is 35.3 Å². The van der Waals surface area contributed by atoms with E-state index in [-0.39, 0.29) is 0 Å². The Kier molecular flexibility index (Phi) is 8.24. The standard InChI is InChI=1S/C12H22BrN3O2/c1-17-8-6-14-5-3-4-12-11(13)10-15-16(12)7-9-18-2/h10,14H,3-9H2,1-2H3. The normalized spacial score (nSPS) is 11.1. The maximum Gasteiger partial charge on any atom is 0.0658 e. The summed E-state index contributed by atoms with van der Waals surface area (Å²) in [6.45, 7) is 4.14. The molecular formula is C12H22BrN3O2. The van der Waals surface area contributed by atoms with Crippen LogP contribution in [0.25, 0.3) is 0 Å². The third-order valence-corrected chi connectivity index (χ3v) is 3.32. The number of rotatable bonds is 10. The van der Waals surface area contributed by atoms with E-state index >= 15 is 0 Å². The second-order valence-electron chi connectivity index (χ2n) is 4.00. The van der Waals surface area contributed by atoms with E-state index in [0.29, 0.717) is 6.61 Å². The molecule has 0 aliphatic heterocycles. The van der Waals surface area contributed by atoms with Crippen molar-refractivity contribution in [3.05, 3.63) is 16.4 Å². The average molecular weight is 320 g/mol. The van der Waals surface area contributed by atoms with Gasteiger partial charge in [0.05, 0.1) is 36.1 Å². The zero-order chi connectivity index (χ0) is 13.2. The Balaban J connectivity index is 2.29. The Morgan fingerprint density at radius 2 is 2.06 bits per heavy atom. The van der Waals surface area contributed by atoms with Gasteiger partial charge in [0, 0.05) is 20.8 Å². The van der Waals surface area contributed by atoms with Crippen molar-refractivity contribution in [1.82, 2.24) is 15.1 Å². The van der Waals surface area contributed by atoms with E-state index in [1.165, 1.54) is 5.69 Å². The largest absolute Gasteiger partial charge is 0.383 e. The fraction of sp³-hybridized carbons (Fsp3) is 0.750. The summed E-state index contributed by atoms with van der Waals surface area (Å²) in [6, 6.07) is 0. The first-order valence-electron chi connectivity index (χ1n) is 6.18. The van der Waals surface area contributed by atoms with Crippen LogP contribution >= 0.6 is 15.9 Å². The Morgan fingerprint density at radius 1 is 1.28 bits per heavy atom. The molecule has 0 spiro atoms. The van der Waals surface area contributed by atoms with Gasteiger partial charge in [-0.1, -0.05) is 0 Å². The van der Waals surface area contributed by atoms with E-state index in [0.717, 1.165) is 43.6 Å². The summed E-state index contributed by atoms with van der Waals surface area (Å²) in [5.74, 6) is 0. The van der Waals surface area contributed by atoms with E-state index in [4.69, 9.17) is 9.47 Å². The van der Waals surface area contributed by atoms with Gasteiger partial charge in [-0.15, -0.1) is 0 Å². The number of methoxy groups -OCH3 is 2. The Hall–Kier alpha value is -0.430. The molecule has 0 aliphatic rings. The first-order valence-corrected chi connectivity index (χ1v) is 6.97. The van der Waals surface area contributed by atoms with Crippen molar-refractivity contribution in [1.29, 1.82) is 0 Å². The summed E-state index contributed by atoms with van der Waals surface area (Å²) in [6.07, 6.45) is 3.94. The average Bonchev–Trinajstić information content (AvgIpc) is 2.72. The van der Waals surface area contributed by atoms with Gasteiger partial charge in [-0.25, -0.2) is 0 Å². The molecule has 1 aromatic rings. The third kappa shape index (κ3) is 5.48.